The Balaban J connectivity index is 1.80. The van der Waals surface area contributed by atoms with E-state index < -0.39 is 23.3 Å². The van der Waals surface area contributed by atoms with Crippen molar-refractivity contribution >= 4 is 28.8 Å². The number of carbonyl (C=O) groups is 2. The molecule has 0 spiro atoms. The van der Waals surface area contributed by atoms with Gasteiger partial charge in [0.1, 0.15) is 23.2 Å². The first-order valence-corrected chi connectivity index (χ1v) is 8.48. The van der Waals surface area contributed by atoms with E-state index in [9.17, 15) is 25.0 Å². The van der Waals surface area contributed by atoms with Crippen molar-refractivity contribution in [3.63, 3.8) is 0 Å². The lowest BCUT2D eigenvalue weighted by Crippen LogP contribution is -2.28. The number of ketones is 1. The van der Waals surface area contributed by atoms with Gasteiger partial charge in [0.25, 0.3) is 5.69 Å². The van der Waals surface area contributed by atoms with Crippen LogP contribution in [0.4, 0.5) is 17.1 Å². The third kappa shape index (κ3) is 3.41. The maximum absolute atomic E-state index is 12.6. The zero-order valence-corrected chi connectivity index (χ0v) is 15.9. The van der Waals surface area contributed by atoms with Crippen molar-refractivity contribution in [2.45, 2.75) is 0 Å². The molecule has 0 bridgehead atoms. The molecule has 0 atom stereocenters. The summed E-state index contributed by atoms with van der Waals surface area (Å²) in [6.45, 7) is -0.664. The van der Waals surface area contributed by atoms with Crippen LogP contribution in [-0.4, -0.2) is 41.9 Å². The Morgan fingerprint density at radius 1 is 1.17 bits per heavy atom. The van der Waals surface area contributed by atoms with Crippen molar-refractivity contribution in [2.75, 3.05) is 30.5 Å². The molecule has 2 heterocycles. The van der Waals surface area contributed by atoms with Crippen molar-refractivity contribution < 1.29 is 19.2 Å². The molecular weight excluding hydrogens is 378 g/mol. The average molecular weight is 395 g/mol. The fraction of sp³-hybridized carbons (Fsp3) is 0.211. The lowest BCUT2D eigenvalue weighted by molar-refractivity contribution is -0.384. The topological polar surface area (TPSA) is 122 Å². The van der Waals surface area contributed by atoms with Gasteiger partial charge >= 0.3 is 5.97 Å². The molecule has 0 saturated carbocycles. The standard InChI is InChI=1S/C19H17N5O5/c1-21-10-12(24(27)28)8-16(21)19(26)29-11-17(25)13(9-20)18-22(2)14-6-4-5-7-15(14)23(18)3/h4-8,10H,11H2,1-3H3. The number of carbonyl (C=O) groups excluding carboxylic acids is 2. The van der Waals surface area contributed by atoms with Gasteiger partial charge in [-0.25, -0.2) is 4.79 Å². The Kier molecular flexibility index (Phi) is 5.06. The second kappa shape index (κ2) is 7.47. The maximum Gasteiger partial charge on any atom is 0.355 e. The molecule has 1 aliphatic heterocycles. The molecule has 0 N–H and O–H groups in total. The molecule has 0 unspecified atom stereocenters. The van der Waals surface area contributed by atoms with Crippen LogP contribution in [0.2, 0.25) is 0 Å². The highest BCUT2D eigenvalue weighted by molar-refractivity contribution is 6.04. The van der Waals surface area contributed by atoms with E-state index in [0.29, 0.717) is 5.82 Å². The van der Waals surface area contributed by atoms with Gasteiger partial charge in [-0.05, 0) is 12.1 Å². The smallest absolute Gasteiger partial charge is 0.355 e. The van der Waals surface area contributed by atoms with E-state index in [1.165, 1.54) is 17.8 Å². The number of benzene rings is 1. The second-order valence-corrected chi connectivity index (χ2v) is 6.37. The minimum absolute atomic E-state index is 0.0711. The first-order chi connectivity index (χ1) is 13.8. The quantitative estimate of drug-likeness (QED) is 0.248. The van der Waals surface area contributed by atoms with Crippen molar-refractivity contribution in [2.24, 2.45) is 7.05 Å². The van der Waals surface area contributed by atoms with Crippen molar-refractivity contribution in [1.29, 1.82) is 5.26 Å². The number of rotatable bonds is 5. The first kappa shape index (κ1) is 19.6. The maximum atomic E-state index is 12.6. The summed E-state index contributed by atoms with van der Waals surface area (Å²) < 4.78 is 6.24. The number of para-hydroxylation sites is 2. The van der Waals surface area contributed by atoms with Crippen LogP contribution >= 0.6 is 0 Å². The fourth-order valence-corrected chi connectivity index (χ4v) is 3.18. The fourth-order valence-electron chi connectivity index (χ4n) is 3.18. The number of nitrogens with zero attached hydrogens (tertiary/aromatic N) is 5. The van der Waals surface area contributed by atoms with Gasteiger partial charge in [0, 0.05) is 27.2 Å². The van der Waals surface area contributed by atoms with E-state index in [0.717, 1.165) is 17.4 Å². The summed E-state index contributed by atoms with van der Waals surface area (Å²) in [5.41, 5.74) is 1.17. The number of hydrogen-bond donors (Lipinski definition) is 0. The summed E-state index contributed by atoms with van der Waals surface area (Å²) in [5.74, 6) is -1.19. The highest BCUT2D eigenvalue weighted by atomic mass is 16.6. The Morgan fingerprint density at radius 2 is 1.76 bits per heavy atom. The first-order valence-electron chi connectivity index (χ1n) is 8.48. The van der Waals surface area contributed by atoms with Gasteiger partial charge in [0.05, 0.1) is 22.5 Å². The molecule has 1 aromatic heterocycles. The lowest BCUT2D eigenvalue weighted by Gasteiger charge is -2.19. The Labute approximate surface area is 165 Å². The number of fused-ring (bicyclic) bond motifs is 1. The van der Waals surface area contributed by atoms with E-state index in [2.05, 4.69) is 0 Å². The number of nitro groups is 1. The molecular formula is C19H17N5O5. The highest BCUT2D eigenvalue weighted by Gasteiger charge is 2.31. The van der Waals surface area contributed by atoms with Crippen LogP contribution in [0.15, 0.2) is 47.9 Å². The minimum Gasteiger partial charge on any atom is -0.453 e. The molecule has 148 valence electrons. The average Bonchev–Trinajstić information content (AvgIpc) is 3.21. The summed E-state index contributed by atoms with van der Waals surface area (Å²) in [7, 11) is 4.92. The normalized spacial score (nSPS) is 12.4. The molecule has 1 aromatic carbocycles. The second-order valence-electron chi connectivity index (χ2n) is 6.37. The third-order valence-corrected chi connectivity index (χ3v) is 4.60. The number of aryl methyl sites for hydroxylation is 1. The van der Waals surface area contributed by atoms with Crippen LogP contribution in [0.1, 0.15) is 10.5 Å². The number of esters is 1. The number of ether oxygens (including phenoxy) is 1. The Hall–Kier alpha value is -4.13. The largest absolute Gasteiger partial charge is 0.453 e. The zero-order valence-electron chi connectivity index (χ0n) is 15.9. The van der Waals surface area contributed by atoms with Crippen molar-refractivity contribution in [3.8, 4) is 6.07 Å². The van der Waals surface area contributed by atoms with Crippen LogP contribution in [0.3, 0.4) is 0 Å². The van der Waals surface area contributed by atoms with Gasteiger partial charge in [-0.3, -0.25) is 14.9 Å². The minimum atomic E-state index is -0.896. The van der Waals surface area contributed by atoms with Crippen LogP contribution < -0.4 is 9.80 Å². The Morgan fingerprint density at radius 3 is 2.24 bits per heavy atom. The number of Topliss-reactive ketones (excluding diaryl/α,β-unsaturated/α-hetero) is 1. The van der Waals surface area contributed by atoms with Gasteiger partial charge in [-0.1, -0.05) is 12.1 Å². The van der Waals surface area contributed by atoms with Gasteiger partial charge in [0.15, 0.2) is 6.61 Å². The van der Waals surface area contributed by atoms with E-state index in [4.69, 9.17) is 4.74 Å². The molecule has 29 heavy (non-hydrogen) atoms. The number of aromatic nitrogens is 1. The number of hydrogen-bond acceptors (Lipinski definition) is 8. The molecule has 3 rings (SSSR count). The molecule has 0 aliphatic carbocycles. The summed E-state index contributed by atoms with van der Waals surface area (Å²) >= 11 is 0. The number of anilines is 2. The van der Waals surface area contributed by atoms with Crippen LogP contribution in [-0.2, 0) is 16.6 Å². The summed E-state index contributed by atoms with van der Waals surface area (Å²) in [4.78, 5) is 38.4. The lowest BCUT2D eigenvalue weighted by atomic mass is 10.2. The van der Waals surface area contributed by atoms with E-state index in [-0.39, 0.29) is 17.0 Å². The Bertz CT molecular complexity index is 1060. The van der Waals surface area contributed by atoms with Crippen LogP contribution in [0, 0.1) is 21.4 Å². The monoisotopic (exact) mass is 395 g/mol. The molecule has 0 saturated heterocycles. The molecule has 0 fully saturated rings. The highest BCUT2D eigenvalue weighted by Crippen LogP contribution is 2.40. The molecule has 10 nitrogen and oxygen atoms in total. The summed E-state index contributed by atoms with van der Waals surface area (Å²) in [6, 6.07) is 10.4. The van der Waals surface area contributed by atoms with E-state index in [1.54, 1.807) is 23.9 Å². The molecule has 2 aromatic rings. The van der Waals surface area contributed by atoms with Gasteiger partial charge in [-0.15, -0.1) is 0 Å². The summed E-state index contributed by atoms with van der Waals surface area (Å²) in [6.07, 6.45) is 1.17. The van der Waals surface area contributed by atoms with Crippen LogP contribution in [0.25, 0.3) is 0 Å². The van der Waals surface area contributed by atoms with Gasteiger partial charge < -0.3 is 19.1 Å². The SMILES string of the molecule is CN1C(=C(C#N)C(=O)COC(=O)c2cc([N+](=O)[O-])cn2C)N(C)c2ccccc21. The molecule has 1 aliphatic rings. The molecule has 0 radical (unpaired) electrons. The molecule has 0 amide bonds. The van der Waals surface area contributed by atoms with Gasteiger partial charge in [-0.2, -0.15) is 5.26 Å². The van der Waals surface area contributed by atoms with E-state index >= 15 is 0 Å². The summed E-state index contributed by atoms with van der Waals surface area (Å²) in [5, 5.41) is 20.4. The molecule has 10 heteroatoms. The van der Waals surface area contributed by atoms with Crippen LogP contribution in [0.5, 0.6) is 0 Å². The van der Waals surface area contributed by atoms with Crippen molar-refractivity contribution in [3.05, 3.63) is 63.7 Å². The third-order valence-electron chi connectivity index (χ3n) is 4.60. The van der Waals surface area contributed by atoms with E-state index in [1.807, 2.05) is 30.3 Å². The van der Waals surface area contributed by atoms with Gasteiger partial charge in [0.2, 0.25) is 5.78 Å². The predicted molar refractivity (Wildman–Crippen MR) is 103 cm³/mol. The number of nitriles is 1. The predicted octanol–water partition coefficient (Wildman–Crippen LogP) is 1.98. The van der Waals surface area contributed by atoms with Crippen molar-refractivity contribution in [1.82, 2.24) is 4.57 Å². The zero-order chi connectivity index (χ0) is 21.3.